The molecule has 104 valence electrons. The van der Waals surface area contributed by atoms with Crippen LogP contribution < -0.4 is 5.56 Å². The quantitative estimate of drug-likeness (QED) is 0.938. The Labute approximate surface area is 112 Å². The molecular formula is C14H11F2NO3. The summed E-state index contributed by atoms with van der Waals surface area (Å²) in [5.41, 5.74) is -0.701. The lowest BCUT2D eigenvalue weighted by atomic mass is 10.1. The Hall–Kier alpha value is -2.50. The van der Waals surface area contributed by atoms with Gasteiger partial charge in [-0.25, -0.2) is 13.6 Å². The zero-order chi connectivity index (χ0) is 14.9. The van der Waals surface area contributed by atoms with Crippen LogP contribution in [0.25, 0.3) is 0 Å². The normalized spacial score (nSPS) is 12.2. The van der Waals surface area contributed by atoms with E-state index in [1.165, 1.54) is 24.4 Å². The molecule has 1 aromatic heterocycles. The summed E-state index contributed by atoms with van der Waals surface area (Å²) in [7, 11) is 0. The summed E-state index contributed by atoms with van der Waals surface area (Å²) >= 11 is 0. The van der Waals surface area contributed by atoms with Crippen molar-refractivity contribution in [2.75, 3.05) is 0 Å². The number of carboxylic acid groups (broad SMARTS) is 1. The smallest absolute Gasteiger partial charge is 0.341 e. The monoisotopic (exact) mass is 279 g/mol. The van der Waals surface area contributed by atoms with Gasteiger partial charge >= 0.3 is 5.97 Å². The first-order valence-electron chi connectivity index (χ1n) is 5.81. The predicted molar refractivity (Wildman–Crippen MR) is 67.8 cm³/mol. The molecule has 2 rings (SSSR count). The van der Waals surface area contributed by atoms with Gasteiger partial charge in [0.15, 0.2) is 11.6 Å². The second-order valence-corrected chi connectivity index (χ2v) is 4.29. The molecule has 2 aromatic rings. The lowest BCUT2D eigenvalue weighted by molar-refractivity contribution is 0.0694. The van der Waals surface area contributed by atoms with Crippen LogP contribution in [0.5, 0.6) is 0 Å². The van der Waals surface area contributed by atoms with Crippen LogP contribution in [-0.2, 0) is 0 Å². The minimum Gasteiger partial charge on any atom is -0.477 e. The van der Waals surface area contributed by atoms with E-state index in [1.54, 1.807) is 6.92 Å². The van der Waals surface area contributed by atoms with Gasteiger partial charge in [0.2, 0.25) is 0 Å². The zero-order valence-corrected chi connectivity index (χ0v) is 10.5. The molecule has 0 aliphatic heterocycles. The van der Waals surface area contributed by atoms with E-state index in [0.29, 0.717) is 5.56 Å². The average Bonchev–Trinajstić information content (AvgIpc) is 2.41. The number of rotatable bonds is 3. The highest BCUT2D eigenvalue weighted by Crippen LogP contribution is 2.18. The second-order valence-electron chi connectivity index (χ2n) is 4.29. The molecular weight excluding hydrogens is 268 g/mol. The Morgan fingerprint density at radius 3 is 2.55 bits per heavy atom. The molecule has 0 radical (unpaired) electrons. The van der Waals surface area contributed by atoms with Gasteiger partial charge in [-0.15, -0.1) is 0 Å². The fraction of sp³-hybridized carbons (Fsp3) is 0.143. The third-order valence-electron chi connectivity index (χ3n) is 3.05. The molecule has 0 aliphatic carbocycles. The van der Waals surface area contributed by atoms with Crippen LogP contribution in [0, 0.1) is 11.6 Å². The molecule has 0 unspecified atom stereocenters. The fourth-order valence-corrected chi connectivity index (χ4v) is 1.91. The van der Waals surface area contributed by atoms with E-state index in [0.717, 1.165) is 16.7 Å². The van der Waals surface area contributed by atoms with Crippen molar-refractivity contribution in [3.63, 3.8) is 0 Å². The van der Waals surface area contributed by atoms with E-state index in [4.69, 9.17) is 5.11 Å². The first-order valence-corrected chi connectivity index (χ1v) is 5.81. The van der Waals surface area contributed by atoms with E-state index in [1.807, 2.05) is 0 Å². The Balaban J connectivity index is 2.51. The van der Waals surface area contributed by atoms with Crippen LogP contribution in [-0.4, -0.2) is 15.6 Å². The van der Waals surface area contributed by atoms with Gasteiger partial charge in [0.05, 0.1) is 6.04 Å². The van der Waals surface area contributed by atoms with Crippen molar-refractivity contribution in [1.29, 1.82) is 0 Å². The third kappa shape index (κ3) is 2.45. The van der Waals surface area contributed by atoms with Gasteiger partial charge in [-0.1, -0.05) is 6.07 Å². The summed E-state index contributed by atoms with van der Waals surface area (Å²) in [5.74, 6) is -3.33. The number of nitrogens with zero attached hydrogens (tertiary/aromatic N) is 1. The highest BCUT2D eigenvalue weighted by Gasteiger charge is 2.16. The summed E-state index contributed by atoms with van der Waals surface area (Å²) < 4.78 is 27.3. The third-order valence-corrected chi connectivity index (χ3v) is 3.05. The van der Waals surface area contributed by atoms with Crippen LogP contribution >= 0.6 is 0 Å². The van der Waals surface area contributed by atoms with Gasteiger partial charge in [0, 0.05) is 6.20 Å². The van der Waals surface area contributed by atoms with Crippen LogP contribution in [0.3, 0.4) is 0 Å². The van der Waals surface area contributed by atoms with Crippen molar-refractivity contribution in [3.05, 3.63) is 69.6 Å². The van der Waals surface area contributed by atoms with E-state index in [-0.39, 0.29) is 5.56 Å². The van der Waals surface area contributed by atoms with Crippen LogP contribution in [0.15, 0.2) is 41.3 Å². The van der Waals surface area contributed by atoms with E-state index < -0.39 is 29.2 Å². The molecule has 0 saturated carbocycles. The molecule has 0 bridgehead atoms. The average molecular weight is 279 g/mol. The van der Waals surface area contributed by atoms with Gasteiger partial charge in [-0.3, -0.25) is 4.79 Å². The Morgan fingerprint density at radius 1 is 1.25 bits per heavy atom. The molecule has 1 heterocycles. The van der Waals surface area contributed by atoms with E-state index >= 15 is 0 Å². The number of carbonyl (C=O) groups is 1. The molecule has 6 heteroatoms. The molecule has 0 fully saturated rings. The standard InChI is InChI=1S/C14H11F2NO3/c1-8(9-4-5-11(15)12(16)7-9)17-6-2-3-10(13(17)18)14(19)20/h2-8H,1H3,(H,19,20)/t8-/m1/s1. The van der Waals surface area contributed by atoms with Gasteiger partial charge in [0.1, 0.15) is 5.56 Å². The van der Waals surface area contributed by atoms with Gasteiger partial charge in [-0.05, 0) is 36.8 Å². The SMILES string of the molecule is C[C@H](c1ccc(F)c(F)c1)n1cccc(C(=O)O)c1=O. The summed E-state index contributed by atoms with van der Waals surface area (Å²) in [5, 5.41) is 8.90. The highest BCUT2D eigenvalue weighted by atomic mass is 19.2. The van der Waals surface area contributed by atoms with E-state index in [9.17, 15) is 18.4 Å². The second kappa shape index (κ2) is 5.24. The number of carboxylic acids is 1. The molecule has 1 N–H and O–H groups in total. The molecule has 4 nitrogen and oxygen atoms in total. The number of aromatic nitrogens is 1. The first kappa shape index (κ1) is 13.9. The lowest BCUT2D eigenvalue weighted by Gasteiger charge is -2.16. The predicted octanol–water partition coefficient (Wildman–Crippen LogP) is 2.43. The van der Waals surface area contributed by atoms with Gasteiger partial charge in [-0.2, -0.15) is 0 Å². The van der Waals surface area contributed by atoms with Crippen molar-refractivity contribution in [3.8, 4) is 0 Å². The number of pyridine rings is 1. The number of hydrogen-bond donors (Lipinski definition) is 1. The zero-order valence-electron chi connectivity index (χ0n) is 10.5. The van der Waals surface area contributed by atoms with Crippen molar-refractivity contribution in [1.82, 2.24) is 4.57 Å². The highest BCUT2D eigenvalue weighted by molar-refractivity contribution is 5.87. The van der Waals surface area contributed by atoms with Crippen LogP contribution in [0.4, 0.5) is 8.78 Å². The van der Waals surface area contributed by atoms with Crippen molar-refractivity contribution >= 4 is 5.97 Å². The maximum absolute atomic E-state index is 13.2. The first-order chi connectivity index (χ1) is 9.41. The molecule has 0 saturated heterocycles. The molecule has 0 aliphatic rings. The maximum Gasteiger partial charge on any atom is 0.341 e. The van der Waals surface area contributed by atoms with Crippen LogP contribution in [0.1, 0.15) is 28.9 Å². The Kier molecular flexibility index (Phi) is 3.65. The molecule has 0 amide bonds. The minimum absolute atomic E-state index is 0.369. The number of aromatic carboxylic acids is 1. The number of halogens is 2. The Morgan fingerprint density at radius 2 is 1.95 bits per heavy atom. The van der Waals surface area contributed by atoms with Crippen LogP contribution in [0.2, 0.25) is 0 Å². The lowest BCUT2D eigenvalue weighted by Crippen LogP contribution is -2.28. The van der Waals surface area contributed by atoms with Gasteiger partial charge in [0.25, 0.3) is 5.56 Å². The Bertz CT molecular complexity index is 725. The summed E-state index contributed by atoms with van der Waals surface area (Å²) in [6.07, 6.45) is 1.40. The van der Waals surface area contributed by atoms with Crippen molar-refractivity contribution < 1.29 is 18.7 Å². The summed E-state index contributed by atoms with van der Waals surface area (Å²) in [6.45, 7) is 1.60. The largest absolute Gasteiger partial charge is 0.477 e. The molecule has 1 atom stereocenters. The maximum atomic E-state index is 13.2. The van der Waals surface area contributed by atoms with Gasteiger partial charge < -0.3 is 9.67 Å². The summed E-state index contributed by atoms with van der Waals surface area (Å²) in [6, 6.07) is 5.30. The topological polar surface area (TPSA) is 59.3 Å². The number of benzene rings is 1. The molecule has 20 heavy (non-hydrogen) atoms. The minimum atomic E-state index is -1.33. The summed E-state index contributed by atoms with van der Waals surface area (Å²) in [4.78, 5) is 22.9. The fourth-order valence-electron chi connectivity index (χ4n) is 1.91. The van der Waals surface area contributed by atoms with Crippen molar-refractivity contribution in [2.24, 2.45) is 0 Å². The van der Waals surface area contributed by atoms with E-state index in [2.05, 4.69) is 0 Å². The number of hydrogen-bond acceptors (Lipinski definition) is 2. The molecule has 0 spiro atoms. The van der Waals surface area contributed by atoms with Crippen molar-refractivity contribution in [2.45, 2.75) is 13.0 Å². The molecule has 1 aromatic carbocycles.